The summed E-state index contributed by atoms with van der Waals surface area (Å²) in [6.07, 6.45) is 19.8. The standard InChI is InChI=1S/C16H28O2/c1-2-3-4-5-6-7-8-9-10-11-12-13-14-15-16(17)18/h12-15H,2-11H2,1H3,(H,17,18)/b13-12+,15-14-. The molecule has 0 spiro atoms. The van der Waals surface area contributed by atoms with E-state index in [0.717, 1.165) is 12.5 Å². The summed E-state index contributed by atoms with van der Waals surface area (Å²) in [6.45, 7) is 2.25. The van der Waals surface area contributed by atoms with Crippen molar-refractivity contribution in [3.8, 4) is 0 Å². The Bertz CT molecular complexity index is 241. The Labute approximate surface area is 112 Å². The van der Waals surface area contributed by atoms with Gasteiger partial charge in [0.25, 0.3) is 0 Å². The number of unbranched alkanes of at least 4 members (excludes halogenated alkanes) is 9. The van der Waals surface area contributed by atoms with Crippen molar-refractivity contribution in [2.24, 2.45) is 0 Å². The van der Waals surface area contributed by atoms with Crippen LogP contribution < -0.4 is 0 Å². The van der Waals surface area contributed by atoms with Gasteiger partial charge in [0.05, 0.1) is 0 Å². The lowest BCUT2D eigenvalue weighted by atomic mass is 10.1. The van der Waals surface area contributed by atoms with Crippen molar-refractivity contribution >= 4 is 5.97 Å². The molecule has 0 aromatic rings. The summed E-state index contributed by atoms with van der Waals surface area (Å²) < 4.78 is 0. The molecule has 0 aliphatic heterocycles. The largest absolute Gasteiger partial charge is 0.478 e. The molecule has 2 nitrogen and oxygen atoms in total. The van der Waals surface area contributed by atoms with Gasteiger partial charge >= 0.3 is 5.97 Å². The number of allylic oxidation sites excluding steroid dienone is 3. The average molecular weight is 252 g/mol. The van der Waals surface area contributed by atoms with Crippen molar-refractivity contribution in [3.63, 3.8) is 0 Å². The van der Waals surface area contributed by atoms with Crippen LogP contribution in [0.4, 0.5) is 0 Å². The number of carbonyl (C=O) groups is 1. The molecule has 0 bridgehead atoms. The number of carboxylic acid groups (broad SMARTS) is 1. The molecule has 0 amide bonds. The molecule has 104 valence electrons. The van der Waals surface area contributed by atoms with E-state index >= 15 is 0 Å². The summed E-state index contributed by atoms with van der Waals surface area (Å²) in [4.78, 5) is 10.2. The molecule has 0 saturated carbocycles. The first kappa shape index (κ1) is 16.9. The zero-order valence-electron chi connectivity index (χ0n) is 11.7. The summed E-state index contributed by atoms with van der Waals surface area (Å²) in [5.74, 6) is -0.886. The minimum absolute atomic E-state index is 0.886. The number of carboxylic acids is 1. The first-order valence-electron chi connectivity index (χ1n) is 7.33. The van der Waals surface area contributed by atoms with E-state index in [0.29, 0.717) is 0 Å². The fraction of sp³-hybridized carbons (Fsp3) is 0.688. The van der Waals surface area contributed by atoms with Gasteiger partial charge in [0.2, 0.25) is 0 Å². The minimum atomic E-state index is -0.886. The maximum atomic E-state index is 10.2. The highest BCUT2D eigenvalue weighted by Crippen LogP contribution is 2.10. The average Bonchev–Trinajstić information content (AvgIpc) is 2.34. The zero-order chi connectivity index (χ0) is 13.5. The summed E-state index contributed by atoms with van der Waals surface area (Å²) in [6, 6.07) is 0. The zero-order valence-corrected chi connectivity index (χ0v) is 11.7. The molecule has 2 heteroatoms. The Morgan fingerprint density at radius 1 is 0.889 bits per heavy atom. The van der Waals surface area contributed by atoms with E-state index in [1.54, 1.807) is 6.08 Å². The molecule has 0 radical (unpaired) electrons. The third-order valence-electron chi connectivity index (χ3n) is 2.96. The smallest absolute Gasteiger partial charge is 0.328 e. The molecule has 0 rings (SSSR count). The third-order valence-corrected chi connectivity index (χ3v) is 2.96. The highest BCUT2D eigenvalue weighted by molar-refractivity contribution is 5.80. The van der Waals surface area contributed by atoms with Crippen molar-refractivity contribution in [2.75, 3.05) is 0 Å². The van der Waals surface area contributed by atoms with Crippen LogP contribution >= 0.6 is 0 Å². The molecule has 0 unspecified atom stereocenters. The molecule has 0 saturated heterocycles. The molecule has 0 aromatic carbocycles. The van der Waals surface area contributed by atoms with E-state index in [4.69, 9.17) is 5.11 Å². The fourth-order valence-corrected chi connectivity index (χ4v) is 1.89. The Kier molecular flexibility index (Phi) is 13.2. The molecule has 18 heavy (non-hydrogen) atoms. The lowest BCUT2D eigenvalue weighted by Gasteiger charge is -2.00. The van der Waals surface area contributed by atoms with Crippen LogP contribution in [-0.2, 0) is 4.79 Å². The molecule has 0 aliphatic rings. The van der Waals surface area contributed by atoms with Crippen LogP contribution in [0.5, 0.6) is 0 Å². The molecule has 0 aliphatic carbocycles. The van der Waals surface area contributed by atoms with Gasteiger partial charge in [0.1, 0.15) is 0 Å². The van der Waals surface area contributed by atoms with Gasteiger partial charge < -0.3 is 5.11 Å². The predicted octanol–water partition coefficient (Wildman–Crippen LogP) is 5.10. The molecular weight excluding hydrogens is 224 g/mol. The van der Waals surface area contributed by atoms with Gasteiger partial charge in [-0.1, -0.05) is 76.5 Å². The van der Waals surface area contributed by atoms with Gasteiger partial charge in [-0.15, -0.1) is 0 Å². The van der Waals surface area contributed by atoms with Crippen molar-refractivity contribution in [2.45, 2.75) is 71.1 Å². The molecule has 0 atom stereocenters. The van der Waals surface area contributed by atoms with Crippen LogP contribution in [0.15, 0.2) is 24.3 Å². The Morgan fingerprint density at radius 2 is 1.44 bits per heavy atom. The Hall–Kier alpha value is -1.05. The summed E-state index contributed by atoms with van der Waals surface area (Å²) in [7, 11) is 0. The van der Waals surface area contributed by atoms with Crippen LogP contribution in [-0.4, -0.2) is 11.1 Å². The second kappa shape index (κ2) is 14.0. The quantitative estimate of drug-likeness (QED) is 0.298. The predicted molar refractivity (Wildman–Crippen MR) is 77.8 cm³/mol. The molecule has 0 aromatic heterocycles. The third kappa shape index (κ3) is 14.9. The highest BCUT2D eigenvalue weighted by Gasteiger charge is 1.90. The van der Waals surface area contributed by atoms with Gasteiger partial charge in [-0.25, -0.2) is 4.79 Å². The van der Waals surface area contributed by atoms with E-state index in [9.17, 15) is 4.79 Å². The summed E-state index contributed by atoms with van der Waals surface area (Å²) in [5, 5.41) is 8.37. The maximum Gasteiger partial charge on any atom is 0.328 e. The number of hydrogen-bond donors (Lipinski definition) is 1. The van der Waals surface area contributed by atoms with Gasteiger partial charge in [-0.3, -0.25) is 0 Å². The van der Waals surface area contributed by atoms with Gasteiger partial charge in [-0.2, -0.15) is 0 Å². The first-order chi connectivity index (χ1) is 8.77. The second-order valence-electron chi connectivity index (χ2n) is 4.74. The fourth-order valence-electron chi connectivity index (χ4n) is 1.89. The van der Waals surface area contributed by atoms with Crippen LogP contribution in [0.3, 0.4) is 0 Å². The normalized spacial score (nSPS) is 11.6. The van der Waals surface area contributed by atoms with Crippen LogP contribution in [0, 0.1) is 0 Å². The van der Waals surface area contributed by atoms with E-state index < -0.39 is 5.97 Å². The summed E-state index contributed by atoms with van der Waals surface area (Å²) in [5.41, 5.74) is 0. The van der Waals surface area contributed by atoms with E-state index in [1.807, 2.05) is 12.2 Å². The van der Waals surface area contributed by atoms with E-state index in [1.165, 1.54) is 57.8 Å². The Morgan fingerprint density at radius 3 is 2.00 bits per heavy atom. The number of hydrogen-bond acceptors (Lipinski definition) is 1. The minimum Gasteiger partial charge on any atom is -0.478 e. The highest BCUT2D eigenvalue weighted by atomic mass is 16.4. The second-order valence-corrected chi connectivity index (χ2v) is 4.74. The lowest BCUT2D eigenvalue weighted by molar-refractivity contribution is -0.131. The van der Waals surface area contributed by atoms with Crippen molar-refractivity contribution < 1.29 is 9.90 Å². The monoisotopic (exact) mass is 252 g/mol. The van der Waals surface area contributed by atoms with Crippen LogP contribution in [0.1, 0.15) is 71.1 Å². The van der Waals surface area contributed by atoms with Gasteiger partial charge in [-0.05, 0) is 12.8 Å². The molecular formula is C16H28O2. The topological polar surface area (TPSA) is 37.3 Å². The number of rotatable bonds is 12. The molecule has 0 heterocycles. The van der Waals surface area contributed by atoms with Gasteiger partial charge in [0.15, 0.2) is 0 Å². The van der Waals surface area contributed by atoms with E-state index in [2.05, 4.69) is 6.92 Å². The number of aliphatic carboxylic acids is 1. The first-order valence-corrected chi connectivity index (χ1v) is 7.33. The maximum absolute atomic E-state index is 10.2. The van der Waals surface area contributed by atoms with Crippen molar-refractivity contribution in [3.05, 3.63) is 24.3 Å². The van der Waals surface area contributed by atoms with Crippen molar-refractivity contribution in [1.29, 1.82) is 0 Å². The van der Waals surface area contributed by atoms with Crippen LogP contribution in [0.25, 0.3) is 0 Å². The molecule has 0 fully saturated rings. The Balaban J connectivity index is 3.14. The van der Waals surface area contributed by atoms with Gasteiger partial charge in [0, 0.05) is 6.08 Å². The van der Waals surface area contributed by atoms with Crippen molar-refractivity contribution in [1.82, 2.24) is 0 Å². The SMILES string of the molecule is CCCCCCCCCCC/C=C/C=C\C(=O)O. The summed E-state index contributed by atoms with van der Waals surface area (Å²) >= 11 is 0. The molecule has 1 N–H and O–H groups in total. The van der Waals surface area contributed by atoms with E-state index in [-0.39, 0.29) is 0 Å². The lowest BCUT2D eigenvalue weighted by Crippen LogP contribution is -1.84. The van der Waals surface area contributed by atoms with Crippen LogP contribution in [0.2, 0.25) is 0 Å².